The van der Waals surface area contributed by atoms with E-state index in [1.54, 1.807) is 23.7 Å². The molecule has 0 atom stereocenters. The van der Waals surface area contributed by atoms with E-state index in [1.165, 1.54) is 0 Å². The highest BCUT2D eigenvalue weighted by Crippen LogP contribution is 2.15. The number of anilines is 2. The van der Waals surface area contributed by atoms with E-state index in [2.05, 4.69) is 20.8 Å². The van der Waals surface area contributed by atoms with Gasteiger partial charge < -0.3 is 5.32 Å². The first-order valence-electron chi connectivity index (χ1n) is 6.90. The Morgan fingerprint density at radius 2 is 1.82 bits per heavy atom. The summed E-state index contributed by atoms with van der Waals surface area (Å²) in [5.74, 6) is 0.597. The second kappa shape index (κ2) is 6.17. The van der Waals surface area contributed by atoms with E-state index in [9.17, 15) is 4.79 Å². The molecule has 0 spiro atoms. The molecular formula is C16H15N5O. The third kappa shape index (κ3) is 3.17. The number of nitrogens with zero attached hydrogens (tertiary/aromatic N) is 4. The van der Waals surface area contributed by atoms with Crippen LogP contribution in [0.5, 0.6) is 0 Å². The topological polar surface area (TPSA) is 72.7 Å². The number of aromatic nitrogens is 4. The molecule has 110 valence electrons. The number of Topliss-reactive ketones (excluding diaryl/α,β-unsaturated/α-hetero) is 1. The number of ketones is 1. The van der Waals surface area contributed by atoms with Crippen molar-refractivity contribution in [3.05, 3.63) is 65.7 Å². The molecule has 0 amide bonds. The summed E-state index contributed by atoms with van der Waals surface area (Å²) in [4.78, 5) is 11.3. The molecule has 22 heavy (non-hydrogen) atoms. The third-order valence-electron chi connectivity index (χ3n) is 3.25. The van der Waals surface area contributed by atoms with Crippen molar-refractivity contribution in [2.45, 2.75) is 13.5 Å². The van der Waals surface area contributed by atoms with Gasteiger partial charge in [0.05, 0.1) is 6.54 Å². The molecule has 1 aromatic heterocycles. The van der Waals surface area contributed by atoms with Crippen LogP contribution in [0.25, 0.3) is 0 Å². The molecule has 6 nitrogen and oxygen atoms in total. The van der Waals surface area contributed by atoms with Gasteiger partial charge in [0.15, 0.2) is 5.78 Å². The van der Waals surface area contributed by atoms with E-state index in [-0.39, 0.29) is 5.78 Å². The Hall–Kier alpha value is -3.02. The van der Waals surface area contributed by atoms with Gasteiger partial charge in [0.1, 0.15) is 0 Å². The van der Waals surface area contributed by atoms with Crippen LogP contribution in [0, 0.1) is 0 Å². The maximum Gasteiger partial charge on any atom is 0.247 e. The lowest BCUT2D eigenvalue weighted by molar-refractivity contribution is 0.101. The minimum Gasteiger partial charge on any atom is -0.323 e. The molecule has 0 saturated heterocycles. The number of rotatable bonds is 5. The number of hydrogen-bond donors (Lipinski definition) is 1. The van der Waals surface area contributed by atoms with Crippen molar-refractivity contribution < 1.29 is 4.79 Å². The zero-order valence-electron chi connectivity index (χ0n) is 12.1. The molecular weight excluding hydrogens is 278 g/mol. The van der Waals surface area contributed by atoms with E-state index >= 15 is 0 Å². The monoisotopic (exact) mass is 293 g/mol. The Morgan fingerprint density at radius 1 is 1.09 bits per heavy atom. The fourth-order valence-electron chi connectivity index (χ4n) is 2.07. The van der Waals surface area contributed by atoms with Crippen molar-refractivity contribution in [3.8, 4) is 0 Å². The van der Waals surface area contributed by atoms with E-state index in [1.807, 2.05) is 42.5 Å². The van der Waals surface area contributed by atoms with Crippen LogP contribution in [-0.2, 0) is 6.54 Å². The lowest BCUT2D eigenvalue weighted by Crippen LogP contribution is -2.07. The second-order valence-corrected chi connectivity index (χ2v) is 4.90. The molecule has 3 aromatic rings. The second-order valence-electron chi connectivity index (χ2n) is 4.90. The maximum atomic E-state index is 11.3. The van der Waals surface area contributed by atoms with E-state index < -0.39 is 0 Å². The molecule has 0 saturated carbocycles. The summed E-state index contributed by atoms with van der Waals surface area (Å²) in [5.41, 5.74) is 2.62. The highest BCUT2D eigenvalue weighted by atomic mass is 16.1. The average molecular weight is 293 g/mol. The summed E-state index contributed by atoms with van der Waals surface area (Å²) in [6.45, 7) is 2.13. The van der Waals surface area contributed by atoms with Crippen molar-refractivity contribution in [1.29, 1.82) is 0 Å². The number of tetrazole rings is 1. The largest absolute Gasteiger partial charge is 0.323 e. The van der Waals surface area contributed by atoms with Gasteiger partial charge in [-0.1, -0.05) is 35.4 Å². The normalized spacial score (nSPS) is 10.4. The van der Waals surface area contributed by atoms with E-state index in [0.29, 0.717) is 18.1 Å². The van der Waals surface area contributed by atoms with E-state index in [4.69, 9.17) is 0 Å². The molecule has 0 aliphatic heterocycles. The fourth-order valence-corrected chi connectivity index (χ4v) is 2.07. The number of hydrogen-bond acceptors (Lipinski definition) is 5. The molecule has 0 bridgehead atoms. The zero-order valence-corrected chi connectivity index (χ0v) is 12.1. The first kappa shape index (κ1) is 13.9. The standard InChI is InChI=1S/C16H15N5O/c1-12(22)14-7-9-15(10-8-14)17-16-18-19-20-21(16)11-13-5-3-2-4-6-13/h2-10H,11H2,1H3,(H,17,18,20). The first-order chi connectivity index (χ1) is 10.7. The van der Waals surface area contributed by atoms with E-state index in [0.717, 1.165) is 11.3 Å². The fraction of sp³-hybridized carbons (Fsp3) is 0.125. The predicted octanol–water partition coefficient (Wildman–Crippen LogP) is 2.67. The molecule has 6 heteroatoms. The number of nitrogens with one attached hydrogen (secondary N) is 1. The van der Waals surface area contributed by atoms with Gasteiger partial charge in [0.25, 0.3) is 0 Å². The molecule has 0 aliphatic carbocycles. The minimum atomic E-state index is 0.0421. The van der Waals surface area contributed by atoms with Gasteiger partial charge >= 0.3 is 0 Å². The van der Waals surface area contributed by atoms with Crippen LogP contribution in [0.15, 0.2) is 54.6 Å². The SMILES string of the molecule is CC(=O)c1ccc(Nc2nnnn2Cc2ccccc2)cc1. The maximum absolute atomic E-state index is 11.3. The molecule has 2 aromatic carbocycles. The van der Waals surface area contributed by atoms with Crippen LogP contribution in [0.1, 0.15) is 22.8 Å². The molecule has 1 heterocycles. The summed E-state index contributed by atoms with van der Waals surface area (Å²) in [6.07, 6.45) is 0. The van der Waals surface area contributed by atoms with Gasteiger partial charge in [-0.05, 0) is 47.2 Å². The predicted molar refractivity (Wildman–Crippen MR) is 83.1 cm³/mol. The number of benzene rings is 2. The average Bonchev–Trinajstić information content (AvgIpc) is 2.96. The Labute approximate surface area is 127 Å². The van der Waals surface area contributed by atoms with Crippen molar-refractivity contribution in [2.24, 2.45) is 0 Å². The van der Waals surface area contributed by atoms with Crippen LogP contribution in [0.2, 0.25) is 0 Å². The summed E-state index contributed by atoms with van der Waals surface area (Å²) in [5, 5.41) is 14.8. The molecule has 0 unspecified atom stereocenters. The highest BCUT2D eigenvalue weighted by Gasteiger charge is 2.07. The molecule has 0 fully saturated rings. The lowest BCUT2D eigenvalue weighted by atomic mass is 10.1. The summed E-state index contributed by atoms with van der Waals surface area (Å²) in [6, 6.07) is 17.2. The van der Waals surface area contributed by atoms with Crippen molar-refractivity contribution in [1.82, 2.24) is 20.2 Å². The molecule has 3 rings (SSSR count). The molecule has 0 aliphatic rings. The Balaban J connectivity index is 1.76. The number of carbonyl (C=O) groups excluding carboxylic acids is 1. The summed E-state index contributed by atoms with van der Waals surface area (Å²) in [7, 11) is 0. The van der Waals surface area contributed by atoms with Crippen molar-refractivity contribution >= 4 is 17.4 Å². The van der Waals surface area contributed by atoms with Crippen LogP contribution in [-0.4, -0.2) is 26.0 Å². The third-order valence-corrected chi connectivity index (χ3v) is 3.25. The van der Waals surface area contributed by atoms with Crippen LogP contribution in [0.3, 0.4) is 0 Å². The zero-order chi connectivity index (χ0) is 15.4. The summed E-state index contributed by atoms with van der Waals surface area (Å²) < 4.78 is 1.69. The van der Waals surface area contributed by atoms with Gasteiger partial charge in [-0.15, -0.1) is 0 Å². The Kier molecular flexibility index (Phi) is 3.91. The van der Waals surface area contributed by atoms with Crippen molar-refractivity contribution in [2.75, 3.05) is 5.32 Å². The Bertz CT molecular complexity index is 765. The highest BCUT2D eigenvalue weighted by molar-refractivity contribution is 5.94. The van der Waals surface area contributed by atoms with Crippen molar-refractivity contribution in [3.63, 3.8) is 0 Å². The quantitative estimate of drug-likeness (QED) is 0.732. The van der Waals surface area contributed by atoms with Crippen LogP contribution in [0.4, 0.5) is 11.6 Å². The van der Waals surface area contributed by atoms with Gasteiger partial charge in [-0.25, -0.2) is 4.68 Å². The minimum absolute atomic E-state index is 0.0421. The Morgan fingerprint density at radius 3 is 2.50 bits per heavy atom. The van der Waals surface area contributed by atoms with Gasteiger partial charge in [-0.3, -0.25) is 4.79 Å². The van der Waals surface area contributed by atoms with Crippen LogP contribution < -0.4 is 5.32 Å². The first-order valence-corrected chi connectivity index (χ1v) is 6.90. The van der Waals surface area contributed by atoms with Gasteiger partial charge in [-0.2, -0.15) is 0 Å². The van der Waals surface area contributed by atoms with Gasteiger partial charge in [0.2, 0.25) is 5.95 Å². The molecule has 0 radical (unpaired) electrons. The molecule has 1 N–H and O–H groups in total. The van der Waals surface area contributed by atoms with Crippen LogP contribution >= 0.6 is 0 Å². The lowest BCUT2D eigenvalue weighted by Gasteiger charge is -2.07. The number of carbonyl (C=O) groups is 1. The summed E-state index contributed by atoms with van der Waals surface area (Å²) >= 11 is 0. The van der Waals surface area contributed by atoms with Gasteiger partial charge in [0, 0.05) is 11.3 Å². The smallest absolute Gasteiger partial charge is 0.247 e.